The molecule has 0 N–H and O–H groups in total. The van der Waals surface area contributed by atoms with E-state index < -0.39 is 11.0 Å². The third kappa shape index (κ3) is 2.62. The molecule has 0 bridgehead atoms. The van der Waals surface area contributed by atoms with Gasteiger partial charge in [-0.25, -0.2) is 9.37 Å². The molecular formula is C16H13FN2O2S. The second kappa shape index (κ2) is 5.88. The molecule has 4 nitrogen and oxygen atoms in total. The van der Waals surface area contributed by atoms with E-state index in [0.29, 0.717) is 23.7 Å². The predicted molar refractivity (Wildman–Crippen MR) is 84.2 cm³/mol. The maximum absolute atomic E-state index is 13.3. The van der Waals surface area contributed by atoms with Gasteiger partial charge in [0.15, 0.2) is 0 Å². The van der Waals surface area contributed by atoms with E-state index in [2.05, 4.69) is 4.98 Å². The number of aromatic nitrogens is 1. The highest BCUT2D eigenvalue weighted by Gasteiger charge is 2.30. The molecule has 0 unspecified atom stereocenters. The average Bonchev–Trinajstić information content (AvgIpc) is 2.50. The van der Waals surface area contributed by atoms with E-state index in [0.717, 1.165) is 22.9 Å². The molecule has 1 amide bonds. The van der Waals surface area contributed by atoms with Gasteiger partial charge in [0.2, 0.25) is 0 Å². The molecule has 1 aliphatic rings. The minimum Gasteiger partial charge on any atom is -0.288 e. The fraction of sp³-hybridized carbons (Fsp3) is 0.188. The lowest BCUT2D eigenvalue weighted by Gasteiger charge is -2.26. The van der Waals surface area contributed by atoms with Crippen LogP contribution in [0.2, 0.25) is 0 Å². The lowest BCUT2D eigenvalue weighted by molar-refractivity contribution is -0.131. The first-order valence-electron chi connectivity index (χ1n) is 6.78. The monoisotopic (exact) mass is 316 g/mol. The number of benzene rings is 1. The number of aryl methyl sites for hydroxylation is 1. The predicted octanol–water partition coefficient (Wildman–Crippen LogP) is 2.80. The van der Waals surface area contributed by atoms with Crippen molar-refractivity contribution >= 4 is 28.6 Å². The van der Waals surface area contributed by atoms with E-state index >= 15 is 0 Å². The third-order valence-electron chi connectivity index (χ3n) is 3.49. The maximum Gasteiger partial charge on any atom is 0.306 e. The Bertz CT molecular complexity index is 764. The van der Waals surface area contributed by atoms with Gasteiger partial charge in [0, 0.05) is 24.1 Å². The van der Waals surface area contributed by atoms with Crippen LogP contribution in [-0.2, 0) is 9.59 Å². The van der Waals surface area contributed by atoms with Crippen LogP contribution in [0.3, 0.4) is 0 Å². The Kier molecular flexibility index (Phi) is 3.94. The molecule has 1 aliphatic heterocycles. The number of carbonyl (C=O) groups excluding carboxylic acids is 2. The highest BCUT2D eigenvalue weighted by atomic mass is 32.2. The minimum atomic E-state index is -0.559. The van der Waals surface area contributed by atoms with Gasteiger partial charge in [0.05, 0.1) is 0 Å². The second-order valence-electron chi connectivity index (χ2n) is 4.93. The summed E-state index contributed by atoms with van der Waals surface area (Å²) in [6.45, 7) is 2.23. The summed E-state index contributed by atoms with van der Waals surface area (Å²) in [5.41, 5.74) is 2.26. The van der Waals surface area contributed by atoms with Gasteiger partial charge < -0.3 is 0 Å². The van der Waals surface area contributed by atoms with Crippen molar-refractivity contribution in [2.75, 3.05) is 17.2 Å². The summed E-state index contributed by atoms with van der Waals surface area (Å²) in [6, 6.07) is 8.05. The van der Waals surface area contributed by atoms with E-state index in [1.54, 1.807) is 25.3 Å². The molecular weight excluding hydrogens is 303 g/mol. The fourth-order valence-corrected chi connectivity index (χ4v) is 3.15. The van der Waals surface area contributed by atoms with E-state index in [-0.39, 0.29) is 5.82 Å². The molecule has 0 saturated carbocycles. The smallest absolute Gasteiger partial charge is 0.288 e. The molecule has 1 aromatic carbocycles. The number of rotatable bonds is 2. The van der Waals surface area contributed by atoms with E-state index in [1.807, 2.05) is 6.07 Å². The summed E-state index contributed by atoms with van der Waals surface area (Å²) in [7, 11) is 0. The van der Waals surface area contributed by atoms with Gasteiger partial charge in [0.25, 0.3) is 5.12 Å². The number of nitrogens with zero attached hydrogens (tertiary/aromatic N) is 2. The summed E-state index contributed by atoms with van der Waals surface area (Å²) >= 11 is 1.02. The van der Waals surface area contributed by atoms with Crippen LogP contribution in [0.15, 0.2) is 36.5 Å². The molecule has 0 atom stereocenters. The third-order valence-corrected chi connectivity index (χ3v) is 4.31. The van der Waals surface area contributed by atoms with Gasteiger partial charge >= 0.3 is 5.91 Å². The summed E-state index contributed by atoms with van der Waals surface area (Å²) in [5, 5.41) is -0.473. The number of thioether (sulfide) groups is 1. The normalized spacial score (nSPS) is 15.3. The van der Waals surface area contributed by atoms with Crippen molar-refractivity contribution < 1.29 is 14.0 Å². The van der Waals surface area contributed by atoms with Crippen molar-refractivity contribution in [3.63, 3.8) is 0 Å². The Morgan fingerprint density at radius 1 is 1.23 bits per heavy atom. The lowest BCUT2D eigenvalue weighted by Crippen LogP contribution is -2.42. The second-order valence-corrected chi connectivity index (χ2v) is 5.99. The molecule has 1 fully saturated rings. The van der Waals surface area contributed by atoms with E-state index in [1.165, 1.54) is 17.0 Å². The number of hydrogen-bond donors (Lipinski definition) is 0. The van der Waals surface area contributed by atoms with Crippen LogP contribution in [0.5, 0.6) is 0 Å². The Hall–Kier alpha value is -2.21. The number of pyridine rings is 1. The summed E-state index contributed by atoms with van der Waals surface area (Å²) in [6.07, 6.45) is 1.58. The molecule has 0 spiro atoms. The Labute approximate surface area is 131 Å². The first-order chi connectivity index (χ1) is 10.6. The molecule has 0 aliphatic carbocycles. The van der Waals surface area contributed by atoms with Gasteiger partial charge in [-0.2, -0.15) is 0 Å². The van der Waals surface area contributed by atoms with Crippen LogP contribution in [0.4, 0.5) is 10.2 Å². The topological polar surface area (TPSA) is 50.3 Å². The van der Waals surface area contributed by atoms with Crippen molar-refractivity contribution in [3.05, 3.63) is 47.9 Å². The Morgan fingerprint density at radius 3 is 2.82 bits per heavy atom. The van der Waals surface area contributed by atoms with E-state index in [4.69, 9.17) is 0 Å². The number of hydrogen-bond acceptors (Lipinski definition) is 4. The SMILES string of the molecule is Cc1cc(F)ccc1-c1cccnc1N1CCSC(=O)C1=O. The zero-order valence-electron chi connectivity index (χ0n) is 11.9. The average molecular weight is 316 g/mol. The molecule has 6 heteroatoms. The van der Waals surface area contributed by atoms with Gasteiger partial charge in [0.1, 0.15) is 11.6 Å². The van der Waals surface area contributed by atoms with Gasteiger partial charge in [-0.05, 0) is 42.3 Å². The van der Waals surface area contributed by atoms with Crippen LogP contribution in [0.1, 0.15) is 5.56 Å². The highest BCUT2D eigenvalue weighted by Crippen LogP contribution is 2.33. The molecule has 22 heavy (non-hydrogen) atoms. The van der Waals surface area contributed by atoms with Crippen molar-refractivity contribution in [2.24, 2.45) is 0 Å². The van der Waals surface area contributed by atoms with Crippen LogP contribution in [0.25, 0.3) is 11.1 Å². The minimum absolute atomic E-state index is 0.313. The van der Waals surface area contributed by atoms with Crippen LogP contribution in [0, 0.1) is 12.7 Å². The van der Waals surface area contributed by atoms with Crippen LogP contribution < -0.4 is 4.90 Å². The quantitative estimate of drug-likeness (QED) is 0.800. The molecule has 3 rings (SSSR count). The number of anilines is 1. The lowest BCUT2D eigenvalue weighted by atomic mass is 10.0. The molecule has 2 heterocycles. The maximum atomic E-state index is 13.3. The molecule has 0 radical (unpaired) electrons. The van der Waals surface area contributed by atoms with Crippen molar-refractivity contribution in [2.45, 2.75) is 6.92 Å². The Balaban J connectivity index is 2.10. The molecule has 1 aromatic heterocycles. The van der Waals surface area contributed by atoms with Gasteiger partial charge in [-0.15, -0.1) is 0 Å². The number of carbonyl (C=O) groups is 2. The standard InChI is InChI=1S/C16H13FN2O2S/c1-10-9-11(17)4-5-12(10)13-3-2-6-18-14(13)19-7-8-22-16(21)15(19)20/h2-6,9H,7-8H2,1H3. The summed E-state index contributed by atoms with van der Waals surface area (Å²) in [5.74, 6) is 0.113. The van der Waals surface area contributed by atoms with Crippen molar-refractivity contribution in [3.8, 4) is 11.1 Å². The van der Waals surface area contributed by atoms with Crippen molar-refractivity contribution in [1.29, 1.82) is 0 Å². The van der Waals surface area contributed by atoms with E-state index in [9.17, 15) is 14.0 Å². The first kappa shape index (κ1) is 14.7. The molecule has 2 aromatic rings. The van der Waals surface area contributed by atoms with Crippen LogP contribution in [-0.4, -0.2) is 28.3 Å². The highest BCUT2D eigenvalue weighted by molar-refractivity contribution is 8.15. The zero-order valence-corrected chi connectivity index (χ0v) is 12.7. The largest absolute Gasteiger partial charge is 0.306 e. The first-order valence-corrected chi connectivity index (χ1v) is 7.76. The van der Waals surface area contributed by atoms with Gasteiger partial charge in [-0.3, -0.25) is 14.5 Å². The summed E-state index contributed by atoms with van der Waals surface area (Å²) in [4.78, 5) is 29.4. The number of halogens is 1. The molecule has 1 saturated heterocycles. The van der Waals surface area contributed by atoms with Gasteiger partial charge in [-0.1, -0.05) is 17.8 Å². The number of amides is 1. The fourth-order valence-electron chi connectivity index (χ4n) is 2.46. The summed E-state index contributed by atoms with van der Waals surface area (Å²) < 4.78 is 13.3. The Morgan fingerprint density at radius 2 is 2.05 bits per heavy atom. The zero-order chi connectivity index (χ0) is 15.7. The van der Waals surface area contributed by atoms with Crippen molar-refractivity contribution in [1.82, 2.24) is 4.98 Å². The molecule has 112 valence electrons. The van der Waals surface area contributed by atoms with Crippen LogP contribution >= 0.6 is 11.8 Å².